The maximum absolute atomic E-state index is 5.40. The molecule has 1 N–H and O–H groups in total. The van der Waals surface area contributed by atoms with Crippen molar-refractivity contribution in [1.82, 2.24) is 15.5 Å². The number of ether oxygens (including phenoxy) is 2. The number of nitrogens with zero attached hydrogens (tertiary/aromatic N) is 2. The van der Waals surface area contributed by atoms with Crippen LogP contribution in [0.15, 0.2) is 28.8 Å². The first-order valence-electron chi connectivity index (χ1n) is 7.11. The van der Waals surface area contributed by atoms with Gasteiger partial charge in [0, 0.05) is 13.0 Å². The minimum atomic E-state index is 0.0391. The molecule has 1 aromatic heterocycles. The van der Waals surface area contributed by atoms with Gasteiger partial charge in [0.15, 0.2) is 5.82 Å². The van der Waals surface area contributed by atoms with E-state index in [0.29, 0.717) is 18.3 Å². The first-order chi connectivity index (χ1) is 10.3. The largest absolute Gasteiger partial charge is 0.497 e. The third kappa shape index (κ3) is 3.59. The summed E-state index contributed by atoms with van der Waals surface area (Å²) in [6, 6.07) is 8.05. The van der Waals surface area contributed by atoms with Crippen LogP contribution in [-0.2, 0) is 17.6 Å². The molecule has 1 aliphatic heterocycles. The number of rotatable bonds is 5. The predicted octanol–water partition coefficient (Wildman–Crippen LogP) is 1.52. The second-order valence-electron chi connectivity index (χ2n) is 4.98. The zero-order valence-electron chi connectivity index (χ0n) is 12.0. The number of nitrogens with one attached hydrogen (secondary N) is 1. The predicted molar refractivity (Wildman–Crippen MR) is 76.3 cm³/mol. The van der Waals surface area contributed by atoms with E-state index in [-0.39, 0.29) is 6.04 Å². The van der Waals surface area contributed by atoms with Crippen LogP contribution in [0.4, 0.5) is 0 Å². The minimum absolute atomic E-state index is 0.0391. The molecule has 21 heavy (non-hydrogen) atoms. The Labute approximate surface area is 123 Å². The van der Waals surface area contributed by atoms with Crippen molar-refractivity contribution in [3.05, 3.63) is 41.5 Å². The van der Waals surface area contributed by atoms with Crippen LogP contribution in [-0.4, -0.2) is 37.0 Å². The summed E-state index contributed by atoms with van der Waals surface area (Å²) in [5.41, 5.74) is 1.22. The Morgan fingerprint density at radius 2 is 2.14 bits per heavy atom. The molecule has 112 valence electrons. The van der Waals surface area contributed by atoms with Crippen LogP contribution in [0.2, 0.25) is 0 Å². The van der Waals surface area contributed by atoms with Crippen molar-refractivity contribution in [1.29, 1.82) is 0 Å². The van der Waals surface area contributed by atoms with Gasteiger partial charge in [-0.25, -0.2) is 0 Å². The highest BCUT2D eigenvalue weighted by Gasteiger charge is 2.20. The number of hydrogen-bond acceptors (Lipinski definition) is 6. The quantitative estimate of drug-likeness (QED) is 0.900. The number of morpholine rings is 1. The molecular weight excluding hydrogens is 270 g/mol. The monoisotopic (exact) mass is 289 g/mol. The maximum Gasteiger partial charge on any atom is 0.227 e. The highest BCUT2D eigenvalue weighted by atomic mass is 16.5. The lowest BCUT2D eigenvalue weighted by Gasteiger charge is -2.20. The molecule has 1 atom stereocenters. The molecule has 0 amide bonds. The summed E-state index contributed by atoms with van der Waals surface area (Å²) in [6.07, 6.45) is 1.59. The highest BCUT2D eigenvalue weighted by Crippen LogP contribution is 2.15. The van der Waals surface area contributed by atoms with Gasteiger partial charge in [-0.05, 0) is 24.1 Å². The Bertz CT molecular complexity index is 562. The van der Waals surface area contributed by atoms with Crippen LogP contribution >= 0.6 is 0 Å². The molecule has 6 heteroatoms. The van der Waals surface area contributed by atoms with E-state index in [1.807, 2.05) is 24.3 Å². The van der Waals surface area contributed by atoms with E-state index < -0.39 is 0 Å². The summed E-state index contributed by atoms with van der Waals surface area (Å²) in [6.45, 7) is 2.15. The van der Waals surface area contributed by atoms with Gasteiger partial charge < -0.3 is 19.3 Å². The van der Waals surface area contributed by atoms with Crippen LogP contribution in [0.5, 0.6) is 5.75 Å². The standard InChI is InChI=1S/C15H19N3O3/c1-19-12-5-2-11(3-6-12)4-7-14-17-15(18-21-14)13-10-20-9-8-16-13/h2-3,5-6,13,16H,4,7-10H2,1H3. The molecule has 1 fully saturated rings. The number of aryl methyl sites for hydroxylation is 2. The molecule has 0 spiro atoms. The average molecular weight is 289 g/mol. The van der Waals surface area contributed by atoms with E-state index in [1.54, 1.807) is 7.11 Å². The molecule has 0 radical (unpaired) electrons. The van der Waals surface area contributed by atoms with E-state index in [1.165, 1.54) is 5.56 Å². The second-order valence-corrected chi connectivity index (χ2v) is 4.98. The Morgan fingerprint density at radius 3 is 2.86 bits per heavy atom. The van der Waals surface area contributed by atoms with Crippen LogP contribution in [0.25, 0.3) is 0 Å². The van der Waals surface area contributed by atoms with Crippen LogP contribution < -0.4 is 10.1 Å². The van der Waals surface area contributed by atoms with Gasteiger partial charge >= 0.3 is 0 Å². The fourth-order valence-corrected chi connectivity index (χ4v) is 2.29. The van der Waals surface area contributed by atoms with Gasteiger partial charge in [0.05, 0.1) is 26.4 Å². The molecule has 0 aliphatic carbocycles. The van der Waals surface area contributed by atoms with Gasteiger partial charge in [0.25, 0.3) is 0 Å². The molecular formula is C15H19N3O3. The van der Waals surface area contributed by atoms with Crippen molar-refractivity contribution in [3.63, 3.8) is 0 Å². The summed E-state index contributed by atoms with van der Waals surface area (Å²) in [7, 11) is 1.66. The normalized spacial score (nSPS) is 18.6. The lowest BCUT2D eigenvalue weighted by molar-refractivity contribution is 0.0734. The molecule has 1 aliphatic rings. The zero-order chi connectivity index (χ0) is 14.5. The maximum atomic E-state index is 5.40. The Morgan fingerprint density at radius 1 is 1.29 bits per heavy atom. The lowest BCUT2D eigenvalue weighted by Crippen LogP contribution is -2.35. The highest BCUT2D eigenvalue weighted by molar-refractivity contribution is 5.27. The van der Waals surface area contributed by atoms with Gasteiger partial charge in [0.1, 0.15) is 5.75 Å². The average Bonchev–Trinajstić information content (AvgIpc) is 3.03. The first-order valence-corrected chi connectivity index (χ1v) is 7.11. The summed E-state index contributed by atoms with van der Waals surface area (Å²) >= 11 is 0. The molecule has 1 saturated heterocycles. The van der Waals surface area contributed by atoms with Crippen molar-refractivity contribution in [2.75, 3.05) is 26.9 Å². The molecule has 0 saturated carbocycles. The zero-order valence-corrected chi connectivity index (χ0v) is 12.0. The van der Waals surface area contributed by atoms with E-state index in [9.17, 15) is 0 Å². The summed E-state index contributed by atoms with van der Waals surface area (Å²) in [5.74, 6) is 2.20. The minimum Gasteiger partial charge on any atom is -0.497 e. The molecule has 1 unspecified atom stereocenters. The van der Waals surface area contributed by atoms with Gasteiger partial charge in [-0.3, -0.25) is 0 Å². The Hall–Kier alpha value is -1.92. The van der Waals surface area contributed by atoms with Crippen molar-refractivity contribution in [3.8, 4) is 5.75 Å². The van der Waals surface area contributed by atoms with E-state index in [4.69, 9.17) is 14.0 Å². The number of methoxy groups -OCH3 is 1. The van der Waals surface area contributed by atoms with Gasteiger partial charge in [-0.1, -0.05) is 17.3 Å². The third-order valence-corrected chi connectivity index (χ3v) is 3.50. The summed E-state index contributed by atoms with van der Waals surface area (Å²) < 4.78 is 15.8. The number of aromatic nitrogens is 2. The molecule has 2 aromatic rings. The van der Waals surface area contributed by atoms with Crippen LogP contribution in [0.1, 0.15) is 23.3 Å². The van der Waals surface area contributed by atoms with Crippen molar-refractivity contribution in [2.45, 2.75) is 18.9 Å². The lowest BCUT2D eigenvalue weighted by atomic mass is 10.1. The van der Waals surface area contributed by atoms with Crippen molar-refractivity contribution < 1.29 is 14.0 Å². The SMILES string of the molecule is COc1ccc(CCc2nc(C3COCCN3)no2)cc1. The summed E-state index contributed by atoms with van der Waals surface area (Å²) in [4.78, 5) is 4.44. The van der Waals surface area contributed by atoms with Gasteiger partial charge in [-0.15, -0.1) is 0 Å². The van der Waals surface area contributed by atoms with Crippen LogP contribution in [0.3, 0.4) is 0 Å². The Balaban J connectivity index is 1.56. The Kier molecular flexibility index (Phi) is 4.47. The molecule has 0 bridgehead atoms. The van der Waals surface area contributed by atoms with Crippen molar-refractivity contribution in [2.24, 2.45) is 0 Å². The van der Waals surface area contributed by atoms with Crippen molar-refractivity contribution >= 4 is 0 Å². The summed E-state index contributed by atoms with van der Waals surface area (Å²) in [5, 5.41) is 7.34. The topological polar surface area (TPSA) is 69.4 Å². The third-order valence-electron chi connectivity index (χ3n) is 3.50. The van der Waals surface area contributed by atoms with Gasteiger partial charge in [-0.2, -0.15) is 4.98 Å². The fraction of sp³-hybridized carbons (Fsp3) is 0.467. The van der Waals surface area contributed by atoms with Crippen LogP contribution in [0, 0.1) is 0 Å². The van der Waals surface area contributed by atoms with Gasteiger partial charge in [0.2, 0.25) is 5.89 Å². The number of hydrogen-bond donors (Lipinski definition) is 1. The first kappa shape index (κ1) is 14.0. The molecule has 6 nitrogen and oxygen atoms in total. The van der Waals surface area contributed by atoms with E-state index in [0.717, 1.165) is 31.7 Å². The molecule has 1 aromatic carbocycles. The number of benzene rings is 1. The molecule has 3 rings (SSSR count). The fourth-order valence-electron chi connectivity index (χ4n) is 2.29. The smallest absolute Gasteiger partial charge is 0.227 e. The van der Waals surface area contributed by atoms with E-state index in [2.05, 4.69) is 15.5 Å². The molecule has 2 heterocycles. The van der Waals surface area contributed by atoms with E-state index >= 15 is 0 Å². The second kappa shape index (κ2) is 6.69.